The monoisotopic (exact) mass is 213 g/mol. The Bertz CT molecular complexity index is 273. The molecule has 0 unspecified atom stereocenters. The Morgan fingerprint density at radius 3 is 2.67 bits per heavy atom. The molecule has 2 aliphatic heterocycles. The number of carbonyl (C=O) groups excluding carboxylic acids is 1. The molecule has 84 valence electrons. The Morgan fingerprint density at radius 2 is 2.07 bits per heavy atom. The zero-order valence-corrected chi connectivity index (χ0v) is 8.52. The van der Waals surface area contributed by atoms with Crippen LogP contribution in [0.15, 0.2) is 0 Å². The molecule has 0 bridgehead atoms. The highest BCUT2D eigenvalue weighted by Crippen LogP contribution is 2.22. The van der Waals surface area contributed by atoms with Crippen LogP contribution in [0.4, 0.5) is 0 Å². The molecule has 2 fully saturated rings. The van der Waals surface area contributed by atoms with E-state index in [2.05, 4.69) is 0 Å². The number of rotatable bonds is 2. The van der Waals surface area contributed by atoms with Gasteiger partial charge < -0.3 is 14.7 Å². The number of carbonyl (C=O) groups is 2. The van der Waals surface area contributed by atoms with Crippen molar-refractivity contribution in [3.63, 3.8) is 0 Å². The molecule has 0 aromatic heterocycles. The standard InChI is InChI=1S/C10H15NO4/c12-9(8-4-2-6-15-8)11-5-1-3-7(11)10(13)14/h7-8H,1-6H2,(H,13,14)/t7-,8+/m0/s1. The summed E-state index contributed by atoms with van der Waals surface area (Å²) in [5.74, 6) is -1.05. The zero-order valence-electron chi connectivity index (χ0n) is 8.52. The molecule has 0 radical (unpaired) electrons. The van der Waals surface area contributed by atoms with Crippen molar-refractivity contribution in [2.75, 3.05) is 13.2 Å². The summed E-state index contributed by atoms with van der Waals surface area (Å²) in [5, 5.41) is 8.94. The van der Waals surface area contributed by atoms with Crippen LogP contribution in [0.25, 0.3) is 0 Å². The molecule has 2 aliphatic rings. The maximum Gasteiger partial charge on any atom is 0.326 e. The molecule has 15 heavy (non-hydrogen) atoms. The highest BCUT2D eigenvalue weighted by atomic mass is 16.5. The van der Waals surface area contributed by atoms with Gasteiger partial charge in [0.1, 0.15) is 12.1 Å². The normalized spacial score (nSPS) is 30.8. The van der Waals surface area contributed by atoms with Crippen molar-refractivity contribution in [3.05, 3.63) is 0 Å². The molecular formula is C10H15NO4. The van der Waals surface area contributed by atoms with Gasteiger partial charge in [0.2, 0.25) is 0 Å². The molecule has 2 heterocycles. The fraction of sp³-hybridized carbons (Fsp3) is 0.800. The second-order valence-electron chi connectivity index (χ2n) is 4.03. The topological polar surface area (TPSA) is 66.8 Å². The number of aliphatic carboxylic acids is 1. The van der Waals surface area contributed by atoms with Crippen LogP contribution in [-0.2, 0) is 14.3 Å². The summed E-state index contributed by atoms with van der Waals surface area (Å²) in [6, 6.07) is -0.637. The molecule has 2 rings (SSSR count). The average molecular weight is 213 g/mol. The van der Waals surface area contributed by atoms with Gasteiger partial charge in [0, 0.05) is 13.2 Å². The number of nitrogens with zero attached hydrogens (tertiary/aromatic N) is 1. The maximum absolute atomic E-state index is 11.9. The van der Waals surface area contributed by atoms with E-state index in [4.69, 9.17) is 9.84 Å². The minimum Gasteiger partial charge on any atom is -0.480 e. The Morgan fingerprint density at radius 1 is 1.27 bits per heavy atom. The SMILES string of the molecule is O=C(O)[C@@H]1CCCN1C(=O)[C@H]1CCCO1. The third-order valence-electron chi connectivity index (χ3n) is 3.03. The minimum atomic E-state index is -0.904. The van der Waals surface area contributed by atoms with Crippen LogP contribution in [0.1, 0.15) is 25.7 Å². The minimum absolute atomic E-state index is 0.141. The molecular weight excluding hydrogens is 198 g/mol. The third kappa shape index (κ3) is 1.97. The summed E-state index contributed by atoms with van der Waals surface area (Å²) in [5.41, 5.74) is 0. The lowest BCUT2D eigenvalue weighted by molar-refractivity contribution is -0.152. The van der Waals surface area contributed by atoms with Crippen LogP contribution in [0.5, 0.6) is 0 Å². The summed E-state index contributed by atoms with van der Waals surface area (Å²) >= 11 is 0. The number of ether oxygens (including phenoxy) is 1. The van der Waals surface area contributed by atoms with Gasteiger partial charge in [0.05, 0.1) is 0 Å². The van der Waals surface area contributed by atoms with Crippen molar-refractivity contribution >= 4 is 11.9 Å². The molecule has 0 saturated carbocycles. The van der Waals surface area contributed by atoms with Crippen LogP contribution < -0.4 is 0 Å². The average Bonchev–Trinajstić information content (AvgIpc) is 2.88. The highest BCUT2D eigenvalue weighted by molar-refractivity contribution is 5.87. The molecule has 5 heteroatoms. The van der Waals surface area contributed by atoms with Gasteiger partial charge in [-0.15, -0.1) is 0 Å². The zero-order chi connectivity index (χ0) is 10.8. The van der Waals surface area contributed by atoms with Gasteiger partial charge in [-0.05, 0) is 25.7 Å². The number of likely N-dealkylation sites (tertiary alicyclic amines) is 1. The van der Waals surface area contributed by atoms with E-state index in [-0.39, 0.29) is 5.91 Å². The van der Waals surface area contributed by atoms with E-state index in [0.717, 1.165) is 19.3 Å². The maximum atomic E-state index is 11.9. The smallest absolute Gasteiger partial charge is 0.326 e. The van der Waals surface area contributed by atoms with E-state index in [1.54, 1.807) is 0 Å². The van der Waals surface area contributed by atoms with Crippen LogP contribution >= 0.6 is 0 Å². The van der Waals surface area contributed by atoms with Gasteiger partial charge in [0.25, 0.3) is 5.91 Å². The first-order valence-electron chi connectivity index (χ1n) is 5.35. The first kappa shape index (κ1) is 10.4. The first-order chi connectivity index (χ1) is 7.20. The van der Waals surface area contributed by atoms with Crippen molar-refractivity contribution in [3.8, 4) is 0 Å². The Labute approximate surface area is 88.0 Å². The molecule has 0 spiro atoms. The lowest BCUT2D eigenvalue weighted by Crippen LogP contribution is -2.45. The molecule has 5 nitrogen and oxygen atoms in total. The summed E-state index contributed by atoms with van der Waals surface area (Å²) in [4.78, 5) is 24.3. The van der Waals surface area contributed by atoms with E-state index < -0.39 is 18.1 Å². The van der Waals surface area contributed by atoms with Crippen molar-refractivity contribution < 1.29 is 19.4 Å². The molecule has 1 amide bonds. The Kier molecular flexibility index (Phi) is 2.90. The van der Waals surface area contributed by atoms with Crippen molar-refractivity contribution in [2.45, 2.75) is 37.8 Å². The molecule has 0 aromatic rings. The summed E-state index contributed by atoms with van der Waals surface area (Å²) in [6.45, 7) is 1.16. The predicted octanol–water partition coefficient (Wildman–Crippen LogP) is 0.241. The number of amides is 1. The van der Waals surface area contributed by atoms with E-state index in [1.165, 1.54) is 4.90 Å². The number of carboxylic acids is 1. The van der Waals surface area contributed by atoms with E-state index in [0.29, 0.717) is 19.6 Å². The molecule has 0 aromatic carbocycles. The molecule has 0 aliphatic carbocycles. The molecule has 1 N–H and O–H groups in total. The predicted molar refractivity (Wildman–Crippen MR) is 51.3 cm³/mol. The van der Waals surface area contributed by atoms with Crippen LogP contribution in [0.3, 0.4) is 0 Å². The van der Waals surface area contributed by atoms with Crippen LogP contribution in [-0.4, -0.2) is 47.2 Å². The summed E-state index contributed by atoms with van der Waals surface area (Å²) in [7, 11) is 0. The van der Waals surface area contributed by atoms with Crippen molar-refractivity contribution in [1.29, 1.82) is 0 Å². The first-order valence-corrected chi connectivity index (χ1v) is 5.35. The molecule has 2 atom stereocenters. The Hall–Kier alpha value is -1.10. The van der Waals surface area contributed by atoms with Crippen LogP contribution in [0.2, 0.25) is 0 Å². The van der Waals surface area contributed by atoms with Gasteiger partial charge in [-0.1, -0.05) is 0 Å². The van der Waals surface area contributed by atoms with Crippen molar-refractivity contribution in [2.24, 2.45) is 0 Å². The second-order valence-corrected chi connectivity index (χ2v) is 4.03. The van der Waals surface area contributed by atoms with Crippen LogP contribution in [0, 0.1) is 0 Å². The quantitative estimate of drug-likeness (QED) is 0.713. The van der Waals surface area contributed by atoms with Crippen molar-refractivity contribution in [1.82, 2.24) is 4.90 Å². The van der Waals surface area contributed by atoms with E-state index in [1.807, 2.05) is 0 Å². The lowest BCUT2D eigenvalue weighted by Gasteiger charge is -2.24. The summed E-state index contributed by atoms with van der Waals surface area (Å²) < 4.78 is 5.27. The number of hydrogen-bond donors (Lipinski definition) is 1. The Balaban J connectivity index is 2.02. The van der Waals surface area contributed by atoms with E-state index in [9.17, 15) is 9.59 Å². The fourth-order valence-electron chi connectivity index (χ4n) is 2.24. The fourth-order valence-corrected chi connectivity index (χ4v) is 2.24. The highest BCUT2D eigenvalue weighted by Gasteiger charge is 2.38. The number of carboxylic acid groups (broad SMARTS) is 1. The number of hydrogen-bond acceptors (Lipinski definition) is 3. The van der Waals surface area contributed by atoms with Gasteiger partial charge >= 0.3 is 5.97 Å². The second kappa shape index (κ2) is 4.18. The lowest BCUT2D eigenvalue weighted by atomic mass is 10.2. The summed E-state index contributed by atoms with van der Waals surface area (Å²) in [6.07, 6.45) is 2.55. The van der Waals surface area contributed by atoms with Gasteiger partial charge in [-0.3, -0.25) is 4.79 Å². The van der Waals surface area contributed by atoms with E-state index >= 15 is 0 Å². The van der Waals surface area contributed by atoms with Gasteiger partial charge in [-0.25, -0.2) is 4.79 Å². The third-order valence-corrected chi connectivity index (χ3v) is 3.03. The van der Waals surface area contributed by atoms with Gasteiger partial charge in [-0.2, -0.15) is 0 Å². The molecule has 2 saturated heterocycles. The largest absolute Gasteiger partial charge is 0.480 e. The van der Waals surface area contributed by atoms with Gasteiger partial charge in [0.15, 0.2) is 0 Å².